The molecule has 24 heavy (non-hydrogen) atoms. The van der Waals surface area contributed by atoms with Crippen LogP contribution < -0.4 is 16.4 Å². The minimum Gasteiger partial charge on any atom is -0.369 e. The van der Waals surface area contributed by atoms with E-state index in [1.165, 1.54) is 29.7 Å². The van der Waals surface area contributed by atoms with Crippen LogP contribution in [0.1, 0.15) is 35.4 Å². The molecule has 1 saturated heterocycles. The number of nitrogens with zero attached hydrogens (tertiary/aromatic N) is 3. The zero-order chi connectivity index (χ0) is 16.2. The molecule has 1 atom stereocenters. The Morgan fingerprint density at radius 3 is 2.79 bits per heavy atom. The van der Waals surface area contributed by atoms with E-state index in [2.05, 4.69) is 52.2 Å². The summed E-state index contributed by atoms with van der Waals surface area (Å²) in [6.07, 6.45) is 6.36. The zero-order valence-corrected chi connectivity index (χ0v) is 15.0. The van der Waals surface area contributed by atoms with Crippen molar-refractivity contribution in [3.05, 3.63) is 53.1 Å². The average Bonchev–Trinajstić information content (AvgIpc) is 2.56. The normalized spacial score (nSPS) is 17.5. The van der Waals surface area contributed by atoms with E-state index in [9.17, 15) is 0 Å². The molecule has 0 saturated carbocycles. The summed E-state index contributed by atoms with van der Waals surface area (Å²) in [5, 5.41) is 3.70. The molecule has 3 heterocycles. The molecule has 4 N–H and O–H groups in total. The Bertz CT molecular complexity index is 671. The van der Waals surface area contributed by atoms with Crippen LogP contribution in [0.3, 0.4) is 0 Å². The second-order valence-corrected chi connectivity index (χ2v) is 6.57. The molecule has 1 aliphatic heterocycles. The lowest BCUT2D eigenvalue weighted by Gasteiger charge is -2.35. The number of aromatic nitrogens is 2. The van der Waals surface area contributed by atoms with Crippen LogP contribution >= 0.6 is 0 Å². The first-order chi connectivity index (χ1) is 11.1. The summed E-state index contributed by atoms with van der Waals surface area (Å²) in [5.74, 6) is 0. The summed E-state index contributed by atoms with van der Waals surface area (Å²) in [6, 6.07) is 7.03. The lowest BCUT2D eigenvalue weighted by molar-refractivity contribution is 0.421. The molecule has 1 aliphatic rings. The molecule has 0 amide bonds. The van der Waals surface area contributed by atoms with Crippen LogP contribution in [-0.4, -0.2) is 29.1 Å². The summed E-state index contributed by atoms with van der Waals surface area (Å²) in [6.45, 7) is 9.32. The molecular weight excluding hydrogens is 298 g/mol. The van der Waals surface area contributed by atoms with Gasteiger partial charge in [-0.2, -0.15) is 0 Å². The standard InChI is InChI=1S/C19H26N4.H3N/c1-14-9-19(12-21-16(14)3)23-8-4-5-18(13-23)22-11-17-6-7-20-15(2)10-17;/h6-7,9-10,12,18,22H,4-5,8,11,13H2,1-3H3;1H3/t18-;/m0./s1. The third-order valence-electron chi connectivity index (χ3n) is 4.67. The van der Waals surface area contributed by atoms with Gasteiger partial charge in [-0.3, -0.25) is 9.97 Å². The van der Waals surface area contributed by atoms with Crippen LogP contribution in [0, 0.1) is 20.8 Å². The van der Waals surface area contributed by atoms with Crippen molar-refractivity contribution in [2.75, 3.05) is 18.0 Å². The van der Waals surface area contributed by atoms with Crippen molar-refractivity contribution in [3.63, 3.8) is 0 Å². The van der Waals surface area contributed by atoms with Gasteiger partial charge in [0.15, 0.2) is 0 Å². The average molecular weight is 327 g/mol. The van der Waals surface area contributed by atoms with Crippen molar-refractivity contribution in [2.45, 2.75) is 46.2 Å². The number of anilines is 1. The van der Waals surface area contributed by atoms with E-state index in [0.717, 1.165) is 31.0 Å². The Hall–Kier alpha value is -1.98. The first kappa shape index (κ1) is 18.4. The van der Waals surface area contributed by atoms with Gasteiger partial charge in [-0.1, -0.05) is 0 Å². The van der Waals surface area contributed by atoms with Crippen molar-refractivity contribution in [1.82, 2.24) is 21.4 Å². The van der Waals surface area contributed by atoms with Gasteiger partial charge < -0.3 is 16.4 Å². The molecule has 5 heteroatoms. The third-order valence-corrected chi connectivity index (χ3v) is 4.67. The molecule has 0 aliphatic carbocycles. The molecule has 5 nitrogen and oxygen atoms in total. The van der Waals surface area contributed by atoms with Crippen LogP contribution in [0.5, 0.6) is 0 Å². The molecular formula is C19H29N5. The molecule has 0 aromatic carbocycles. The maximum Gasteiger partial charge on any atom is 0.0556 e. The first-order valence-corrected chi connectivity index (χ1v) is 8.45. The van der Waals surface area contributed by atoms with E-state index in [0.29, 0.717) is 6.04 Å². The molecule has 0 bridgehead atoms. The van der Waals surface area contributed by atoms with Gasteiger partial charge in [0.05, 0.1) is 11.9 Å². The van der Waals surface area contributed by atoms with Gasteiger partial charge in [0.25, 0.3) is 0 Å². The first-order valence-electron chi connectivity index (χ1n) is 8.45. The Morgan fingerprint density at radius 2 is 2.04 bits per heavy atom. The summed E-state index contributed by atoms with van der Waals surface area (Å²) in [4.78, 5) is 11.2. The monoisotopic (exact) mass is 327 g/mol. The molecule has 1 fully saturated rings. The van der Waals surface area contributed by atoms with Crippen molar-refractivity contribution in [2.24, 2.45) is 0 Å². The van der Waals surface area contributed by atoms with Crippen LogP contribution in [0.15, 0.2) is 30.6 Å². The van der Waals surface area contributed by atoms with Crippen molar-refractivity contribution in [1.29, 1.82) is 0 Å². The zero-order valence-electron chi connectivity index (χ0n) is 15.0. The highest BCUT2D eigenvalue weighted by Crippen LogP contribution is 2.21. The lowest BCUT2D eigenvalue weighted by Crippen LogP contribution is -2.45. The van der Waals surface area contributed by atoms with E-state index in [1.54, 1.807) is 0 Å². The summed E-state index contributed by atoms with van der Waals surface area (Å²) in [5.41, 5.74) is 6.02. The maximum absolute atomic E-state index is 4.51. The van der Waals surface area contributed by atoms with Crippen LogP contribution in [0.25, 0.3) is 0 Å². The lowest BCUT2D eigenvalue weighted by atomic mass is 10.0. The van der Waals surface area contributed by atoms with Crippen LogP contribution in [0.2, 0.25) is 0 Å². The molecule has 0 unspecified atom stereocenters. The summed E-state index contributed by atoms with van der Waals surface area (Å²) in [7, 11) is 0. The Kier molecular flexibility index (Phi) is 6.29. The number of hydrogen-bond donors (Lipinski definition) is 2. The molecule has 130 valence electrons. The van der Waals surface area contributed by atoms with Gasteiger partial charge in [-0.25, -0.2) is 0 Å². The molecule has 0 spiro atoms. The quantitative estimate of drug-likeness (QED) is 0.901. The fourth-order valence-corrected chi connectivity index (χ4v) is 3.16. The van der Waals surface area contributed by atoms with Crippen LogP contribution in [-0.2, 0) is 6.54 Å². The van der Waals surface area contributed by atoms with Gasteiger partial charge in [-0.05, 0) is 62.9 Å². The van der Waals surface area contributed by atoms with E-state index in [1.807, 2.05) is 19.3 Å². The number of rotatable bonds is 4. The van der Waals surface area contributed by atoms with Gasteiger partial charge in [0.2, 0.25) is 0 Å². The number of pyridine rings is 2. The Morgan fingerprint density at radius 1 is 1.21 bits per heavy atom. The maximum atomic E-state index is 4.51. The highest BCUT2D eigenvalue weighted by Gasteiger charge is 2.20. The molecule has 2 aromatic heterocycles. The van der Waals surface area contributed by atoms with Crippen molar-refractivity contribution >= 4 is 5.69 Å². The van der Waals surface area contributed by atoms with Gasteiger partial charge in [0.1, 0.15) is 0 Å². The highest BCUT2D eigenvalue weighted by atomic mass is 15.2. The summed E-state index contributed by atoms with van der Waals surface area (Å²) >= 11 is 0. The smallest absolute Gasteiger partial charge is 0.0556 e. The fourth-order valence-electron chi connectivity index (χ4n) is 3.16. The second-order valence-electron chi connectivity index (χ2n) is 6.57. The summed E-state index contributed by atoms with van der Waals surface area (Å²) < 4.78 is 0. The van der Waals surface area contributed by atoms with Crippen molar-refractivity contribution in [3.8, 4) is 0 Å². The Balaban J connectivity index is 0.00000208. The van der Waals surface area contributed by atoms with E-state index >= 15 is 0 Å². The largest absolute Gasteiger partial charge is 0.369 e. The highest BCUT2D eigenvalue weighted by molar-refractivity contribution is 5.48. The van der Waals surface area contributed by atoms with Gasteiger partial charge in [-0.15, -0.1) is 0 Å². The number of nitrogens with one attached hydrogen (secondary N) is 1. The minimum atomic E-state index is 0. The minimum absolute atomic E-state index is 0. The predicted molar refractivity (Wildman–Crippen MR) is 99.8 cm³/mol. The molecule has 2 aromatic rings. The molecule has 3 rings (SSSR count). The van der Waals surface area contributed by atoms with Crippen LogP contribution in [0.4, 0.5) is 5.69 Å². The van der Waals surface area contributed by atoms with Gasteiger partial charge >= 0.3 is 0 Å². The number of aryl methyl sites for hydroxylation is 3. The number of hydrogen-bond acceptors (Lipinski definition) is 5. The van der Waals surface area contributed by atoms with E-state index in [-0.39, 0.29) is 6.15 Å². The predicted octanol–water partition coefficient (Wildman–Crippen LogP) is 3.32. The SMILES string of the molecule is Cc1cc(CN[C@H]2CCCN(c3cnc(C)c(C)c3)C2)ccn1.N. The third kappa shape index (κ3) is 4.52. The molecule has 0 radical (unpaired) electrons. The van der Waals surface area contributed by atoms with E-state index in [4.69, 9.17) is 0 Å². The number of piperidine rings is 1. The fraction of sp³-hybridized carbons (Fsp3) is 0.474. The Labute approximate surface area is 145 Å². The second kappa shape index (κ2) is 8.22. The topological polar surface area (TPSA) is 76.0 Å². The van der Waals surface area contributed by atoms with E-state index < -0.39 is 0 Å². The van der Waals surface area contributed by atoms with Gasteiger partial charge in [0, 0.05) is 43.3 Å². The van der Waals surface area contributed by atoms with Crippen molar-refractivity contribution < 1.29 is 0 Å².